The number of carbonyl (C=O) groups is 1. The molecule has 0 fully saturated rings. The van der Waals surface area contributed by atoms with Gasteiger partial charge in [0.1, 0.15) is 11.4 Å². The van der Waals surface area contributed by atoms with Gasteiger partial charge in [-0.15, -0.1) is 0 Å². The lowest BCUT2D eigenvalue weighted by Gasteiger charge is -2.13. The molecule has 0 spiro atoms. The number of aromatic nitrogens is 2. The van der Waals surface area contributed by atoms with Crippen LogP contribution in [0, 0.1) is 13.8 Å². The van der Waals surface area contributed by atoms with Gasteiger partial charge in [-0.05, 0) is 38.0 Å². The van der Waals surface area contributed by atoms with E-state index in [4.69, 9.17) is 16.3 Å². The number of methoxy groups -OCH3 is 1. The van der Waals surface area contributed by atoms with Crippen LogP contribution in [0.2, 0.25) is 5.02 Å². The number of hydrogen-bond donors (Lipinski definition) is 2. The van der Waals surface area contributed by atoms with Crippen LogP contribution in [-0.4, -0.2) is 29.5 Å². The lowest BCUT2D eigenvalue weighted by atomic mass is 10.2. The summed E-state index contributed by atoms with van der Waals surface area (Å²) >= 11 is 6.11. The zero-order valence-corrected chi connectivity index (χ0v) is 16.4. The Morgan fingerprint density at radius 2 is 1.96 bits per heavy atom. The molecule has 0 atom stereocenters. The molecule has 2 rings (SSSR count). The summed E-state index contributed by atoms with van der Waals surface area (Å²) < 4.78 is 5.30. The van der Waals surface area contributed by atoms with Crippen molar-refractivity contribution in [3.8, 4) is 5.75 Å². The number of unbranched alkanes of at least 4 members (excludes halogenated alkanes) is 2. The van der Waals surface area contributed by atoms with Crippen LogP contribution in [0.1, 0.15) is 47.9 Å². The van der Waals surface area contributed by atoms with E-state index < -0.39 is 0 Å². The van der Waals surface area contributed by atoms with E-state index in [-0.39, 0.29) is 5.91 Å². The van der Waals surface area contributed by atoms with Crippen molar-refractivity contribution in [3.05, 3.63) is 40.2 Å². The number of aryl methyl sites for hydroxylation is 2. The number of benzene rings is 1. The number of halogens is 1. The normalized spacial score (nSPS) is 10.5. The number of hydrogen-bond acceptors (Lipinski definition) is 5. The highest BCUT2D eigenvalue weighted by Crippen LogP contribution is 2.31. The predicted molar refractivity (Wildman–Crippen MR) is 105 cm³/mol. The minimum atomic E-state index is -0.327. The number of nitrogens with one attached hydrogen (secondary N) is 2. The Balaban J connectivity index is 2.17. The molecule has 1 amide bonds. The zero-order chi connectivity index (χ0) is 19.1. The minimum absolute atomic E-state index is 0.296. The van der Waals surface area contributed by atoms with E-state index in [1.807, 2.05) is 13.8 Å². The Morgan fingerprint density at radius 3 is 2.65 bits per heavy atom. The molecule has 140 valence electrons. The van der Waals surface area contributed by atoms with Gasteiger partial charge in [0.25, 0.3) is 5.91 Å². The van der Waals surface area contributed by atoms with Crippen molar-refractivity contribution in [2.75, 3.05) is 24.3 Å². The molecule has 0 aliphatic heterocycles. The average molecular weight is 377 g/mol. The van der Waals surface area contributed by atoms with Crippen LogP contribution in [0.5, 0.6) is 5.75 Å². The molecular formula is C19H25ClN4O2. The number of ether oxygens (including phenoxy) is 1. The second-order valence-electron chi connectivity index (χ2n) is 6.11. The highest BCUT2D eigenvalue weighted by Gasteiger charge is 2.14. The molecule has 0 aliphatic rings. The van der Waals surface area contributed by atoms with Crippen molar-refractivity contribution >= 4 is 29.1 Å². The van der Waals surface area contributed by atoms with Crippen LogP contribution in [0.3, 0.4) is 0 Å². The Hall–Kier alpha value is -2.34. The quantitative estimate of drug-likeness (QED) is 0.658. The maximum absolute atomic E-state index is 12.6. The second kappa shape index (κ2) is 9.38. The molecule has 0 radical (unpaired) electrons. The van der Waals surface area contributed by atoms with Crippen molar-refractivity contribution < 1.29 is 9.53 Å². The van der Waals surface area contributed by atoms with E-state index in [1.165, 1.54) is 7.11 Å². The largest absolute Gasteiger partial charge is 0.495 e. The van der Waals surface area contributed by atoms with Crippen LogP contribution in [0.25, 0.3) is 0 Å². The fourth-order valence-electron chi connectivity index (χ4n) is 2.46. The Morgan fingerprint density at radius 1 is 1.19 bits per heavy atom. The smallest absolute Gasteiger partial charge is 0.274 e. The third-order valence-electron chi connectivity index (χ3n) is 3.88. The van der Waals surface area contributed by atoms with E-state index in [9.17, 15) is 4.79 Å². The number of rotatable bonds is 8. The SMILES string of the molecule is CCCCCNc1nc(C)cc(C(=O)Nc2cc(C)c(Cl)cc2OC)n1. The fraction of sp³-hybridized carbons (Fsp3) is 0.421. The van der Waals surface area contributed by atoms with Gasteiger partial charge in [-0.3, -0.25) is 4.79 Å². The molecule has 1 aromatic heterocycles. The first-order valence-electron chi connectivity index (χ1n) is 8.69. The molecule has 6 nitrogen and oxygen atoms in total. The van der Waals surface area contributed by atoms with Crippen LogP contribution < -0.4 is 15.4 Å². The molecule has 1 heterocycles. The van der Waals surface area contributed by atoms with Crippen LogP contribution >= 0.6 is 11.6 Å². The first-order valence-corrected chi connectivity index (χ1v) is 9.07. The van der Waals surface area contributed by atoms with Crippen molar-refractivity contribution in [3.63, 3.8) is 0 Å². The lowest BCUT2D eigenvalue weighted by Crippen LogP contribution is -2.17. The second-order valence-corrected chi connectivity index (χ2v) is 6.52. The highest BCUT2D eigenvalue weighted by molar-refractivity contribution is 6.31. The van der Waals surface area contributed by atoms with Crippen LogP contribution in [-0.2, 0) is 0 Å². The van der Waals surface area contributed by atoms with Crippen molar-refractivity contribution in [2.24, 2.45) is 0 Å². The van der Waals surface area contributed by atoms with Crippen LogP contribution in [0.4, 0.5) is 11.6 Å². The molecule has 7 heteroatoms. The van der Waals surface area contributed by atoms with E-state index >= 15 is 0 Å². The summed E-state index contributed by atoms with van der Waals surface area (Å²) in [5.74, 6) is 0.635. The molecule has 0 unspecified atom stereocenters. The molecule has 26 heavy (non-hydrogen) atoms. The first-order chi connectivity index (χ1) is 12.4. The van der Waals surface area contributed by atoms with Gasteiger partial charge >= 0.3 is 0 Å². The van der Waals surface area contributed by atoms with Gasteiger partial charge in [-0.25, -0.2) is 9.97 Å². The summed E-state index contributed by atoms with van der Waals surface area (Å²) in [5, 5.41) is 6.59. The lowest BCUT2D eigenvalue weighted by molar-refractivity contribution is 0.102. The maximum Gasteiger partial charge on any atom is 0.274 e. The van der Waals surface area contributed by atoms with Gasteiger partial charge in [0.05, 0.1) is 12.8 Å². The van der Waals surface area contributed by atoms with E-state index in [2.05, 4.69) is 27.5 Å². The van der Waals surface area contributed by atoms with E-state index in [0.717, 1.165) is 37.1 Å². The van der Waals surface area contributed by atoms with Gasteiger partial charge in [-0.2, -0.15) is 0 Å². The minimum Gasteiger partial charge on any atom is -0.495 e. The highest BCUT2D eigenvalue weighted by atomic mass is 35.5. The van der Waals surface area contributed by atoms with Gasteiger partial charge in [-0.1, -0.05) is 31.4 Å². The average Bonchev–Trinajstić information content (AvgIpc) is 2.61. The third kappa shape index (κ3) is 5.33. The summed E-state index contributed by atoms with van der Waals surface area (Å²) in [6, 6.07) is 5.11. The Kier molecular flexibility index (Phi) is 7.21. The molecule has 0 saturated heterocycles. The van der Waals surface area contributed by atoms with Gasteiger partial charge < -0.3 is 15.4 Å². The third-order valence-corrected chi connectivity index (χ3v) is 4.29. The maximum atomic E-state index is 12.6. The van der Waals surface area contributed by atoms with Gasteiger partial charge in [0, 0.05) is 23.3 Å². The topological polar surface area (TPSA) is 76.1 Å². The molecule has 0 bridgehead atoms. The van der Waals surface area contributed by atoms with Gasteiger partial charge in [0.15, 0.2) is 0 Å². The fourth-order valence-corrected chi connectivity index (χ4v) is 2.61. The summed E-state index contributed by atoms with van der Waals surface area (Å²) in [6.07, 6.45) is 3.32. The molecule has 2 aromatic rings. The number of anilines is 2. The summed E-state index contributed by atoms with van der Waals surface area (Å²) in [4.78, 5) is 21.3. The Bertz CT molecular complexity index is 780. The molecule has 2 N–H and O–H groups in total. The van der Waals surface area contributed by atoms with E-state index in [1.54, 1.807) is 18.2 Å². The summed E-state index contributed by atoms with van der Waals surface area (Å²) in [7, 11) is 1.53. The van der Waals surface area contributed by atoms with Crippen molar-refractivity contribution in [1.82, 2.24) is 9.97 Å². The van der Waals surface area contributed by atoms with Crippen molar-refractivity contribution in [2.45, 2.75) is 40.0 Å². The first kappa shape index (κ1) is 20.0. The van der Waals surface area contributed by atoms with Crippen LogP contribution in [0.15, 0.2) is 18.2 Å². The molecule has 1 aromatic carbocycles. The molecular weight excluding hydrogens is 352 g/mol. The summed E-state index contributed by atoms with van der Waals surface area (Å²) in [5.41, 5.74) is 2.42. The monoisotopic (exact) mass is 376 g/mol. The number of carbonyl (C=O) groups excluding carboxylic acids is 1. The zero-order valence-electron chi connectivity index (χ0n) is 15.6. The van der Waals surface area contributed by atoms with E-state index in [0.29, 0.717) is 28.1 Å². The summed E-state index contributed by atoms with van der Waals surface area (Å²) in [6.45, 7) is 6.63. The molecule has 0 aliphatic carbocycles. The van der Waals surface area contributed by atoms with Crippen molar-refractivity contribution in [1.29, 1.82) is 0 Å². The number of amides is 1. The number of nitrogens with zero attached hydrogens (tertiary/aromatic N) is 2. The van der Waals surface area contributed by atoms with Gasteiger partial charge in [0.2, 0.25) is 5.95 Å². The molecule has 0 saturated carbocycles. The standard InChI is InChI=1S/C19H25ClN4O2/c1-5-6-7-8-21-19-22-13(3)10-16(24-19)18(25)23-15-9-12(2)14(20)11-17(15)26-4/h9-11H,5-8H2,1-4H3,(H,23,25)(H,21,22,24). The Labute approximate surface area is 159 Å². The predicted octanol–water partition coefficient (Wildman–Crippen LogP) is 4.61.